The molecule has 2 rings (SSSR count). The minimum absolute atomic E-state index is 0.103. The lowest BCUT2D eigenvalue weighted by Gasteiger charge is -2.30. The van der Waals surface area contributed by atoms with E-state index in [2.05, 4.69) is 31.1 Å². The number of nitrogens with zero attached hydrogens (tertiary/aromatic N) is 2. The topological polar surface area (TPSA) is 45.2 Å². The van der Waals surface area contributed by atoms with Crippen molar-refractivity contribution in [1.82, 2.24) is 15.2 Å². The van der Waals surface area contributed by atoms with Gasteiger partial charge in [0.2, 0.25) is 5.91 Å². The summed E-state index contributed by atoms with van der Waals surface area (Å²) in [5.41, 5.74) is 0.947. The Kier molecular flexibility index (Phi) is 4.53. The number of aromatic nitrogens is 1. The molecule has 0 unspecified atom stereocenters. The number of hydrogen-bond donors (Lipinski definition) is 1. The van der Waals surface area contributed by atoms with Crippen LogP contribution in [0.2, 0.25) is 0 Å². The monoisotopic (exact) mass is 261 g/mol. The van der Waals surface area contributed by atoms with E-state index in [1.54, 1.807) is 6.20 Å². The Morgan fingerprint density at radius 3 is 2.79 bits per heavy atom. The van der Waals surface area contributed by atoms with Gasteiger partial charge in [0.25, 0.3) is 0 Å². The second kappa shape index (κ2) is 6.15. The van der Waals surface area contributed by atoms with Crippen LogP contribution < -0.4 is 5.32 Å². The van der Waals surface area contributed by atoms with Crippen molar-refractivity contribution < 1.29 is 4.79 Å². The summed E-state index contributed by atoms with van der Waals surface area (Å²) < 4.78 is 0. The maximum atomic E-state index is 12.7. The van der Waals surface area contributed by atoms with Crippen molar-refractivity contribution in [2.24, 2.45) is 11.8 Å². The lowest BCUT2D eigenvalue weighted by molar-refractivity contribution is -0.138. The van der Waals surface area contributed by atoms with Crippen molar-refractivity contribution in [3.05, 3.63) is 30.1 Å². The molecule has 1 amide bonds. The van der Waals surface area contributed by atoms with Gasteiger partial charge in [-0.2, -0.15) is 0 Å². The van der Waals surface area contributed by atoms with Crippen LogP contribution in [0.4, 0.5) is 0 Å². The van der Waals surface area contributed by atoms with E-state index in [0.717, 1.165) is 18.8 Å². The van der Waals surface area contributed by atoms with E-state index in [1.165, 1.54) is 0 Å². The van der Waals surface area contributed by atoms with Crippen molar-refractivity contribution >= 4 is 5.91 Å². The number of pyridine rings is 1. The van der Waals surface area contributed by atoms with Crippen LogP contribution in [0.25, 0.3) is 0 Å². The molecule has 1 aliphatic heterocycles. The SMILES string of the molecule is CC(C)N(Cc1ccccn1)C(=O)[C@@H]1CNC[C@H]1C. The Labute approximate surface area is 115 Å². The molecule has 0 aliphatic carbocycles. The van der Waals surface area contributed by atoms with Gasteiger partial charge < -0.3 is 10.2 Å². The van der Waals surface area contributed by atoms with Crippen LogP contribution in [0.1, 0.15) is 26.5 Å². The summed E-state index contributed by atoms with van der Waals surface area (Å²) >= 11 is 0. The van der Waals surface area contributed by atoms with Crippen molar-refractivity contribution in [3.63, 3.8) is 0 Å². The molecule has 0 saturated carbocycles. The summed E-state index contributed by atoms with van der Waals surface area (Å²) in [4.78, 5) is 18.9. The quantitative estimate of drug-likeness (QED) is 0.897. The van der Waals surface area contributed by atoms with E-state index >= 15 is 0 Å². The summed E-state index contributed by atoms with van der Waals surface area (Å²) in [5, 5.41) is 3.30. The highest BCUT2D eigenvalue weighted by molar-refractivity contribution is 5.80. The number of nitrogens with one attached hydrogen (secondary N) is 1. The molecule has 0 radical (unpaired) electrons. The van der Waals surface area contributed by atoms with E-state index in [-0.39, 0.29) is 17.9 Å². The molecule has 4 heteroatoms. The molecule has 104 valence electrons. The van der Waals surface area contributed by atoms with E-state index in [0.29, 0.717) is 12.5 Å². The van der Waals surface area contributed by atoms with E-state index in [4.69, 9.17) is 0 Å². The van der Waals surface area contributed by atoms with Crippen molar-refractivity contribution in [3.8, 4) is 0 Å². The molecule has 1 aromatic rings. The molecule has 19 heavy (non-hydrogen) atoms. The van der Waals surface area contributed by atoms with E-state index in [9.17, 15) is 4.79 Å². The van der Waals surface area contributed by atoms with Gasteiger partial charge in [-0.25, -0.2) is 0 Å². The maximum Gasteiger partial charge on any atom is 0.227 e. The molecule has 4 nitrogen and oxygen atoms in total. The Balaban J connectivity index is 2.09. The summed E-state index contributed by atoms with van der Waals surface area (Å²) in [6.45, 7) is 8.60. The van der Waals surface area contributed by atoms with Crippen LogP contribution >= 0.6 is 0 Å². The first-order valence-corrected chi connectivity index (χ1v) is 7.00. The highest BCUT2D eigenvalue weighted by Gasteiger charge is 2.33. The molecule has 0 aromatic carbocycles. The first kappa shape index (κ1) is 14.0. The Hall–Kier alpha value is -1.42. The lowest BCUT2D eigenvalue weighted by Crippen LogP contribution is -2.42. The number of hydrogen-bond acceptors (Lipinski definition) is 3. The summed E-state index contributed by atoms with van der Waals surface area (Å²) in [5.74, 6) is 0.766. The average molecular weight is 261 g/mol. The molecule has 1 N–H and O–H groups in total. The molecule has 1 saturated heterocycles. The molecule has 1 fully saturated rings. The molecule has 2 heterocycles. The third-order valence-electron chi connectivity index (χ3n) is 3.80. The smallest absolute Gasteiger partial charge is 0.227 e. The maximum absolute atomic E-state index is 12.7. The van der Waals surface area contributed by atoms with Gasteiger partial charge in [0.15, 0.2) is 0 Å². The summed E-state index contributed by atoms with van der Waals surface area (Å²) in [6, 6.07) is 6.03. The van der Waals surface area contributed by atoms with E-state index in [1.807, 2.05) is 23.1 Å². The predicted molar refractivity (Wildman–Crippen MR) is 75.4 cm³/mol. The second-order valence-electron chi connectivity index (χ2n) is 5.62. The zero-order chi connectivity index (χ0) is 13.8. The van der Waals surface area contributed by atoms with Crippen LogP contribution in [-0.4, -0.2) is 34.9 Å². The zero-order valence-electron chi connectivity index (χ0n) is 12.0. The van der Waals surface area contributed by atoms with Crippen molar-refractivity contribution in [2.45, 2.75) is 33.4 Å². The fourth-order valence-corrected chi connectivity index (χ4v) is 2.53. The predicted octanol–water partition coefficient (Wildman–Crippen LogP) is 1.67. The highest BCUT2D eigenvalue weighted by atomic mass is 16.2. The summed E-state index contributed by atoms with van der Waals surface area (Å²) in [7, 11) is 0. The van der Waals surface area contributed by atoms with Crippen LogP contribution in [0.3, 0.4) is 0 Å². The normalized spacial score (nSPS) is 22.7. The third-order valence-corrected chi connectivity index (χ3v) is 3.80. The van der Waals surface area contributed by atoms with Gasteiger partial charge >= 0.3 is 0 Å². The largest absolute Gasteiger partial charge is 0.334 e. The molecule has 1 aliphatic rings. The molecular weight excluding hydrogens is 238 g/mol. The van der Waals surface area contributed by atoms with Gasteiger partial charge in [0, 0.05) is 18.8 Å². The molecule has 0 bridgehead atoms. The highest BCUT2D eigenvalue weighted by Crippen LogP contribution is 2.21. The average Bonchev–Trinajstić information content (AvgIpc) is 2.82. The van der Waals surface area contributed by atoms with Gasteiger partial charge in [-0.1, -0.05) is 13.0 Å². The van der Waals surface area contributed by atoms with Crippen LogP contribution in [0, 0.1) is 11.8 Å². The number of amides is 1. The van der Waals surface area contributed by atoms with Crippen LogP contribution in [0.5, 0.6) is 0 Å². The van der Waals surface area contributed by atoms with Gasteiger partial charge in [0.1, 0.15) is 0 Å². The van der Waals surface area contributed by atoms with Gasteiger partial charge in [0.05, 0.1) is 18.2 Å². The van der Waals surface area contributed by atoms with Crippen molar-refractivity contribution in [2.75, 3.05) is 13.1 Å². The second-order valence-corrected chi connectivity index (χ2v) is 5.62. The molecular formula is C15H23N3O. The first-order chi connectivity index (χ1) is 9.09. The third kappa shape index (κ3) is 3.32. The fourth-order valence-electron chi connectivity index (χ4n) is 2.53. The van der Waals surface area contributed by atoms with Crippen LogP contribution in [-0.2, 0) is 11.3 Å². The number of carbonyl (C=O) groups excluding carboxylic acids is 1. The molecule has 1 aromatic heterocycles. The summed E-state index contributed by atoms with van der Waals surface area (Å²) in [6.07, 6.45) is 1.78. The number of rotatable bonds is 4. The standard InChI is InChI=1S/C15H23N3O/c1-11(2)18(10-13-6-4-5-7-17-13)15(19)14-9-16-8-12(14)3/h4-7,11-12,14,16H,8-10H2,1-3H3/t12-,14-/m1/s1. The van der Waals surface area contributed by atoms with Gasteiger partial charge in [-0.3, -0.25) is 9.78 Å². The molecule has 2 atom stereocenters. The minimum Gasteiger partial charge on any atom is -0.334 e. The molecule has 0 spiro atoms. The lowest BCUT2D eigenvalue weighted by atomic mass is 9.96. The van der Waals surface area contributed by atoms with Gasteiger partial charge in [-0.15, -0.1) is 0 Å². The first-order valence-electron chi connectivity index (χ1n) is 7.00. The zero-order valence-corrected chi connectivity index (χ0v) is 12.0. The van der Waals surface area contributed by atoms with Gasteiger partial charge in [-0.05, 0) is 38.4 Å². The van der Waals surface area contributed by atoms with E-state index < -0.39 is 0 Å². The fraction of sp³-hybridized carbons (Fsp3) is 0.600. The minimum atomic E-state index is 0.103. The Morgan fingerprint density at radius 2 is 2.26 bits per heavy atom. The van der Waals surface area contributed by atoms with Crippen molar-refractivity contribution in [1.29, 1.82) is 0 Å². The Bertz CT molecular complexity index is 419. The number of carbonyl (C=O) groups is 1. The Morgan fingerprint density at radius 1 is 1.47 bits per heavy atom. The van der Waals surface area contributed by atoms with Crippen LogP contribution in [0.15, 0.2) is 24.4 Å².